The third-order valence-corrected chi connectivity index (χ3v) is 5.03. The molecule has 2 aliphatic rings. The van der Waals surface area contributed by atoms with E-state index in [9.17, 15) is 0 Å². The largest absolute Gasteiger partial charge is 0.123 e. The van der Waals surface area contributed by atoms with Crippen molar-refractivity contribution in [3.05, 3.63) is 0 Å². The summed E-state index contributed by atoms with van der Waals surface area (Å²) in [6.07, 6.45) is 10.4. The van der Waals surface area contributed by atoms with E-state index in [4.69, 9.17) is 23.2 Å². The highest BCUT2D eigenvalue weighted by molar-refractivity contribution is 6.48. The van der Waals surface area contributed by atoms with Crippen molar-refractivity contribution in [3.8, 4) is 0 Å². The Morgan fingerprint density at radius 1 is 0.692 bits per heavy atom. The lowest BCUT2D eigenvalue weighted by Gasteiger charge is -2.32. The predicted octanol–water partition coefficient (Wildman–Crippen LogP) is 4.54. The standard InChI is InChI=1S/C11H18Cl2/c12-11(13)9-5-1-2-6-10(11)8-4-3-7-9/h9-10H,1-8H2. The summed E-state index contributed by atoms with van der Waals surface area (Å²) in [4.78, 5) is 0. The van der Waals surface area contributed by atoms with Crippen LogP contribution in [-0.2, 0) is 0 Å². The SMILES string of the molecule is ClC1(Cl)C2CCCCC1CCCC2. The highest BCUT2D eigenvalue weighted by Crippen LogP contribution is 2.50. The normalized spacial score (nSPS) is 39.2. The van der Waals surface area contributed by atoms with Gasteiger partial charge in [-0.2, -0.15) is 0 Å². The molecule has 2 heteroatoms. The molecule has 2 aliphatic carbocycles. The van der Waals surface area contributed by atoms with Crippen LogP contribution in [0.1, 0.15) is 51.4 Å². The Bertz CT molecular complexity index is 147. The number of hydrogen-bond donors (Lipinski definition) is 0. The van der Waals surface area contributed by atoms with Gasteiger partial charge < -0.3 is 0 Å². The highest BCUT2D eigenvalue weighted by Gasteiger charge is 2.43. The van der Waals surface area contributed by atoms with Gasteiger partial charge in [0.05, 0.1) is 0 Å². The molecule has 2 rings (SSSR count). The molecule has 0 amide bonds. The highest BCUT2D eigenvalue weighted by atomic mass is 35.5. The number of rotatable bonds is 0. The van der Waals surface area contributed by atoms with E-state index in [1.807, 2.05) is 0 Å². The molecule has 0 atom stereocenters. The van der Waals surface area contributed by atoms with Crippen LogP contribution in [0.15, 0.2) is 0 Å². The summed E-state index contributed by atoms with van der Waals surface area (Å²) >= 11 is 13.0. The molecular weight excluding hydrogens is 203 g/mol. The molecular formula is C11H18Cl2. The van der Waals surface area contributed by atoms with E-state index in [0.717, 1.165) is 0 Å². The van der Waals surface area contributed by atoms with E-state index >= 15 is 0 Å². The van der Waals surface area contributed by atoms with Gasteiger partial charge in [-0.1, -0.05) is 25.7 Å². The van der Waals surface area contributed by atoms with E-state index in [0.29, 0.717) is 11.8 Å². The van der Waals surface area contributed by atoms with Gasteiger partial charge in [-0.05, 0) is 37.5 Å². The molecule has 0 radical (unpaired) electrons. The summed E-state index contributed by atoms with van der Waals surface area (Å²) in [5.41, 5.74) is 0. The van der Waals surface area contributed by atoms with Crippen LogP contribution in [0.4, 0.5) is 0 Å². The van der Waals surface area contributed by atoms with Gasteiger partial charge in [0.1, 0.15) is 4.33 Å². The summed E-state index contributed by atoms with van der Waals surface area (Å²) < 4.78 is -0.396. The van der Waals surface area contributed by atoms with Crippen LogP contribution in [0.5, 0.6) is 0 Å². The van der Waals surface area contributed by atoms with E-state index in [1.54, 1.807) is 0 Å². The van der Waals surface area contributed by atoms with Crippen molar-refractivity contribution in [2.75, 3.05) is 0 Å². The zero-order valence-electron chi connectivity index (χ0n) is 8.07. The minimum absolute atomic E-state index is 0.396. The van der Waals surface area contributed by atoms with Crippen molar-refractivity contribution in [3.63, 3.8) is 0 Å². The van der Waals surface area contributed by atoms with Crippen LogP contribution in [-0.4, -0.2) is 4.33 Å². The van der Waals surface area contributed by atoms with Crippen LogP contribution in [0.3, 0.4) is 0 Å². The predicted molar refractivity (Wildman–Crippen MR) is 58.4 cm³/mol. The maximum Gasteiger partial charge on any atom is 0.123 e. The second-order valence-corrected chi connectivity index (χ2v) is 6.08. The van der Waals surface area contributed by atoms with E-state index in [-0.39, 0.29) is 0 Å². The second-order valence-electron chi connectivity index (χ2n) is 4.64. The molecule has 0 saturated heterocycles. The topological polar surface area (TPSA) is 0 Å². The molecule has 2 fully saturated rings. The second kappa shape index (κ2) is 3.98. The summed E-state index contributed by atoms with van der Waals surface area (Å²) in [7, 11) is 0. The molecule has 0 spiro atoms. The van der Waals surface area contributed by atoms with Crippen molar-refractivity contribution in [2.24, 2.45) is 11.8 Å². The number of hydrogen-bond acceptors (Lipinski definition) is 0. The molecule has 0 nitrogen and oxygen atoms in total. The van der Waals surface area contributed by atoms with Crippen molar-refractivity contribution in [1.82, 2.24) is 0 Å². The Morgan fingerprint density at radius 2 is 1.00 bits per heavy atom. The Kier molecular flexibility index (Phi) is 3.10. The molecule has 0 N–H and O–H groups in total. The summed E-state index contributed by atoms with van der Waals surface area (Å²) in [5, 5.41) is 0. The fourth-order valence-electron chi connectivity index (χ4n) is 2.95. The lowest BCUT2D eigenvalue weighted by molar-refractivity contribution is 0.352. The fourth-order valence-corrected chi connectivity index (χ4v) is 3.83. The lowest BCUT2D eigenvalue weighted by Crippen LogP contribution is -2.31. The van der Waals surface area contributed by atoms with E-state index in [2.05, 4.69) is 0 Å². The Balaban J connectivity index is 2.19. The van der Waals surface area contributed by atoms with E-state index < -0.39 is 4.33 Å². The van der Waals surface area contributed by atoms with Crippen molar-refractivity contribution < 1.29 is 0 Å². The molecule has 0 aromatic rings. The monoisotopic (exact) mass is 220 g/mol. The van der Waals surface area contributed by atoms with Gasteiger partial charge in [0, 0.05) is 0 Å². The fraction of sp³-hybridized carbons (Fsp3) is 1.00. The van der Waals surface area contributed by atoms with Crippen LogP contribution < -0.4 is 0 Å². The molecule has 0 aliphatic heterocycles. The van der Waals surface area contributed by atoms with Gasteiger partial charge in [0.2, 0.25) is 0 Å². The third-order valence-electron chi connectivity index (χ3n) is 3.80. The first-order chi connectivity index (χ1) is 6.21. The van der Waals surface area contributed by atoms with Gasteiger partial charge >= 0.3 is 0 Å². The van der Waals surface area contributed by atoms with Crippen LogP contribution >= 0.6 is 23.2 Å². The maximum absolute atomic E-state index is 6.51. The van der Waals surface area contributed by atoms with Gasteiger partial charge in [0.25, 0.3) is 0 Å². The average Bonchev–Trinajstić information content (AvgIpc) is 2.32. The molecule has 0 aromatic heterocycles. The van der Waals surface area contributed by atoms with Gasteiger partial charge in [0.15, 0.2) is 0 Å². The zero-order chi connectivity index (χ0) is 9.31. The Morgan fingerprint density at radius 3 is 1.31 bits per heavy atom. The first-order valence-electron chi connectivity index (χ1n) is 5.59. The van der Waals surface area contributed by atoms with Gasteiger partial charge in [-0.3, -0.25) is 0 Å². The number of alkyl halides is 2. The molecule has 0 unspecified atom stereocenters. The number of fused-ring (bicyclic) bond motifs is 2. The van der Waals surface area contributed by atoms with Crippen molar-refractivity contribution >= 4 is 23.2 Å². The minimum Gasteiger partial charge on any atom is -0.101 e. The summed E-state index contributed by atoms with van der Waals surface area (Å²) in [6, 6.07) is 0. The van der Waals surface area contributed by atoms with Crippen LogP contribution in [0, 0.1) is 11.8 Å². The first-order valence-corrected chi connectivity index (χ1v) is 6.34. The molecule has 0 heterocycles. The third kappa shape index (κ3) is 1.99. The van der Waals surface area contributed by atoms with Crippen molar-refractivity contribution in [2.45, 2.75) is 55.7 Å². The number of halogens is 2. The van der Waals surface area contributed by atoms with Crippen LogP contribution in [0.2, 0.25) is 0 Å². The summed E-state index contributed by atoms with van der Waals surface area (Å²) in [6.45, 7) is 0. The van der Waals surface area contributed by atoms with E-state index in [1.165, 1.54) is 51.4 Å². The molecule has 0 aromatic carbocycles. The summed E-state index contributed by atoms with van der Waals surface area (Å²) in [5.74, 6) is 1.15. The first kappa shape index (κ1) is 10.1. The Labute approximate surface area is 91.0 Å². The zero-order valence-corrected chi connectivity index (χ0v) is 9.58. The average molecular weight is 221 g/mol. The van der Waals surface area contributed by atoms with Gasteiger partial charge in [-0.15, -0.1) is 23.2 Å². The smallest absolute Gasteiger partial charge is 0.101 e. The van der Waals surface area contributed by atoms with Crippen LogP contribution in [0.25, 0.3) is 0 Å². The quantitative estimate of drug-likeness (QED) is 0.527. The molecule has 13 heavy (non-hydrogen) atoms. The molecule has 2 saturated carbocycles. The minimum atomic E-state index is -0.396. The molecule has 2 bridgehead atoms. The molecule has 76 valence electrons. The maximum atomic E-state index is 6.51. The lowest BCUT2D eigenvalue weighted by atomic mass is 9.91. The van der Waals surface area contributed by atoms with Gasteiger partial charge in [-0.25, -0.2) is 0 Å². The Hall–Kier alpha value is 0.580. The van der Waals surface area contributed by atoms with Crippen molar-refractivity contribution in [1.29, 1.82) is 0 Å².